The maximum absolute atomic E-state index is 4.58. The van der Waals surface area contributed by atoms with Crippen LogP contribution in [0.15, 0.2) is 78.7 Å². The van der Waals surface area contributed by atoms with Gasteiger partial charge in [-0.15, -0.1) is 0 Å². The fourth-order valence-electron chi connectivity index (χ4n) is 3.90. The van der Waals surface area contributed by atoms with Crippen molar-refractivity contribution in [1.29, 1.82) is 0 Å². The summed E-state index contributed by atoms with van der Waals surface area (Å²) in [5, 5.41) is 19.3. The van der Waals surface area contributed by atoms with E-state index in [1.807, 2.05) is 30.7 Å². The average Bonchev–Trinajstić information content (AvgIpc) is 3.55. The van der Waals surface area contributed by atoms with Crippen molar-refractivity contribution in [2.24, 2.45) is 5.41 Å². The van der Waals surface area contributed by atoms with E-state index in [-0.39, 0.29) is 5.41 Å². The quantitative estimate of drug-likeness (QED) is 0.211. The minimum Gasteiger partial charge on any atom is -0.358 e. The second-order valence-electron chi connectivity index (χ2n) is 9.96. The predicted octanol–water partition coefficient (Wildman–Crippen LogP) is 7.51. The standard InChI is InChI=1S/C29H29N7S/c1-17-25(7-9-31-26(17)20-8-10-37-16-20)33-18(2)27-24-12-22(14-32-28(24)36-35-27)21-11-23(15-30-13-21)34-19(3)29(4,5)6/h7-16,34H,2-3H2,1,4-6H3,(H,31,33)(H,32,35,36). The minimum atomic E-state index is -0.0623. The van der Waals surface area contributed by atoms with Crippen LogP contribution in [0.4, 0.5) is 11.4 Å². The van der Waals surface area contributed by atoms with Crippen molar-refractivity contribution in [3.63, 3.8) is 0 Å². The fourth-order valence-corrected chi connectivity index (χ4v) is 4.54. The molecule has 0 unspecified atom stereocenters. The fraction of sp³-hybridized carbons (Fsp3) is 0.172. The van der Waals surface area contributed by atoms with Gasteiger partial charge in [0.2, 0.25) is 0 Å². The first-order valence-electron chi connectivity index (χ1n) is 11.9. The van der Waals surface area contributed by atoms with Gasteiger partial charge in [0.1, 0.15) is 0 Å². The van der Waals surface area contributed by atoms with E-state index in [1.54, 1.807) is 17.5 Å². The molecule has 5 aromatic heterocycles. The molecule has 8 heteroatoms. The van der Waals surface area contributed by atoms with Gasteiger partial charge in [-0.2, -0.15) is 16.4 Å². The zero-order valence-electron chi connectivity index (χ0n) is 21.4. The molecule has 5 heterocycles. The molecule has 0 saturated carbocycles. The number of anilines is 2. The Labute approximate surface area is 220 Å². The average molecular weight is 508 g/mol. The molecule has 0 atom stereocenters. The number of rotatable bonds is 7. The van der Waals surface area contributed by atoms with Gasteiger partial charge in [-0.05, 0) is 42.1 Å². The van der Waals surface area contributed by atoms with Gasteiger partial charge in [-0.3, -0.25) is 15.1 Å². The van der Waals surface area contributed by atoms with Crippen molar-refractivity contribution in [2.75, 3.05) is 10.6 Å². The number of fused-ring (bicyclic) bond motifs is 1. The van der Waals surface area contributed by atoms with Crippen LogP contribution in [0.2, 0.25) is 0 Å². The highest BCUT2D eigenvalue weighted by Crippen LogP contribution is 2.32. The van der Waals surface area contributed by atoms with Crippen LogP contribution < -0.4 is 10.6 Å². The summed E-state index contributed by atoms with van der Waals surface area (Å²) in [5.41, 5.74) is 9.76. The molecule has 37 heavy (non-hydrogen) atoms. The third kappa shape index (κ3) is 5.01. The van der Waals surface area contributed by atoms with Gasteiger partial charge in [0.25, 0.3) is 0 Å². The third-order valence-electron chi connectivity index (χ3n) is 6.27. The van der Waals surface area contributed by atoms with E-state index in [0.29, 0.717) is 11.3 Å². The molecular formula is C29H29N7S. The largest absolute Gasteiger partial charge is 0.358 e. The second kappa shape index (κ2) is 9.63. The van der Waals surface area contributed by atoms with E-state index in [0.717, 1.165) is 56.1 Å². The van der Waals surface area contributed by atoms with Crippen LogP contribution in [-0.2, 0) is 0 Å². The first-order valence-corrected chi connectivity index (χ1v) is 12.9. The SMILES string of the molecule is C=C(Nc1ccnc(-c2ccsc2)c1C)c1[nH]nc2ncc(-c3cncc(NC(=C)C(C)(C)C)c3)cc12. The highest BCUT2D eigenvalue weighted by molar-refractivity contribution is 7.08. The van der Waals surface area contributed by atoms with Gasteiger partial charge in [0.05, 0.1) is 29.0 Å². The Morgan fingerprint density at radius 1 is 0.973 bits per heavy atom. The molecule has 0 bridgehead atoms. The van der Waals surface area contributed by atoms with Crippen LogP contribution in [0.1, 0.15) is 32.0 Å². The highest BCUT2D eigenvalue weighted by atomic mass is 32.1. The van der Waals surface area contributed by atoms with E-state index in [1.165, 1.54) is 0 Å². The number of pyridine rings is 3. The molecule has 0 fully saturated rings. The molecule has 3 N–H and O–H groups in total. The maximum atomic E-state index is 4.58. The first kappa shape index (κ1) is 24.4. The van der Waals surface area contributed by atoms with E-state index in [9.17, 15) is 0 Å². The highest BCUT2D eigenvalue weighted by Gasteiger charge is 2.16. The molecule has 186 valence electrons. The van der Waals surface area contributed by atoms with Crippen LogP contribution in [0, 0.1) is 12.3 Å². The van der Waals surface area contributed by atoms with Crippen molar-refractivity contribution < 1.29 is 0 Å². The summed E-state index contributed by atoms with van der Waals surface area (Å²) >= 11 is 1.66. The molecular weight excluding hydrogens is 478 g/mol. The molecule has 0 spiro atoms. The number of H-pyrrole nitrogens is 1. The lowest BCUT2D eigenvalue weighted by molar-refractivity contribution is 0.509. The molecule has 0 aliphatic heterocycles. The lowest BCUT2D eigenvalue weighted by Gasteiger charge is -2.23. The Morgan fingerprint density at radius 3 is 2.54 bits per heavy atom. The molecule has 0 aliphatic carbocycles. The number of thiophene rings is 1. The van der Waals surface area contributed by atoms with Crippen LogP contribution in [0.3, 0.4) is 0 Å². The molecule has 5 aromatic rings. The Bertz CT molecular complexity index is 1610. The summed E-state index contributed by atoms with van der Waals surface area (Å²) in [6, 6.07) is 8.14. The molecule has 0 radical (unpaired) electrons. The molecule has 0 aliphatic rings. The van der Waals surface area contributed by atoms with Gasteiger partial charge in [-0.25, -0.2) is 4.98 Å². The maximum Gasteiger partial charge on any atom is 0.181 e. The summed E-state index contributed by atoms with van der Waals surface area (Å²) in [7, 11) is 0. The van der Waals surface area contributed by atoms with Gasteiger partial charge >= 0.3 is 0 Å². The Kier molecular flexibility index (Phi) is 6.35. The monoisotopic (exact) mass is 507 g/mol. The number of aromatic amines is 1. The predicted molar refractivity (Wildman–Crippen MR) is 154 cm³/mol. The van der Waals surface area contributed by atoms with Gasteiger partial charge in [0, 0.05) is 62.8 Å². The van der Waals surface area contributed by atoms with Crippen LogP contribution in [0.5, 0.6) is 0 Å². The third-order valence-corrected chi connectivity index (χ3v) is 6.95. The molecule has 7 nitrogen and oxygen atoms in total. The van der Waals surface area contributed by atoms with Gasteiger partial charge in [-0.1, -0.05) is 33.9 Å². The number of nitrogens with zero attached hydrogens (tertiary/aromatic N) is 4. The zero-order valence-corrected chi connectivity index (χ0v) is 22.2. The summed E-state index contributed by atoms with van der Waals surface area (Å²) in [6.45, 7) is 16.9. The Hall–Kier alpha value is -4.30. The second-order valence-corrected chi connectivity index (χ2v) is 10.7. The lowest BCUT2D eigenvalue weighted by atomic mass is 9.93. The summed E-state index contributed by atoms with van der Waals surface area (Å²) < 4.78 is 0. The Balaban J connectivity index is 1.43. The minimum absolute atomic E-state index is 0.0623. The van der Waals surface area contributed by atoms with Crippen LogP contribution in [0.25, 0.3) is 39.1 Å². The van der Waals surface area contributed by atoms with Crippen LogP contribution in [-0.4, -0.2) is 25.1 Å². The molecule has 0 aromatic carbocycles. The van der Waals surface area contributed by atoms with E-state index >= 15 is 0 Å². The van der Waals surface area contributed by atoms with Crippen molar-refractivity contribution >= 4 is 39.4 Å². The smallest absolute Gasteiger partial charge is 0.181 e. The van der Waals surface area contributed by atoms with Gasteiger partial charge < -0.3 is 10.6 Å². The lowest BCUT2D eigenvalue weighted by Crippen LogP contribution is -2.15. The molecule has 0 saturated heterocycles. The van der Waals surface area contributed by atoms with Crippen molar-refractivity contribution in [3.8, 4) is 22.4 Å². The zero-order chi connectivity index (χ0) is 26.2. The number of nitrogens with one attached hydrogen (secondary N) is 3. The van der Waals surface area contributed by atoms with E-state index in [2.05, 4.69) is 99.5 Å². The Morgan fingerprint density at radius 2 is 1.78 bits per heavy atom. The van der Waals surface area contributed by atoms with Crippen molar-refractivity contribution in [1.82, 2.24) is 25.1 Å². The number of allylic oxidation sites excluding steroid dienone is 1. The van der Waals surface area contributed by atoms with Crippen molar-refractivity contribution in [3.05, 3.63) is 89.9 Å². The van der Waals surface area contributed by atoms with E-state index < -0.39 is 0 Å². The molecule has 0 amide bonds. The number of aromatic nitrogens is 5. The summed E-state index contributed by atoms with van der Waals surface area (Å²) in [6.07, 6.45) is 7.24. The summed E-state index contributed by atoms with van der Waals surface area (Å²) in [5.74, 6) is 0. The van der Waals surface area contributed by atoms with E-state index in [4.69, 9.17) is 0 Å². The number of hydrogen-bond acceptors (Lipinski definition) is 7. The first-order chi connectivity index (χ1) is 17.7. The topological polar surface area (TPSA) is 91.4 Å². The number of hydrogen-bond donors (Lipinski definition) is 3. The molecule has 5 rings (SSSR count). The van der Waals surface area contributed by atoms with Crippen molar-refractivity contribution in [2.45, 2.75) is 27.7 Å². The normalized spacial score (nSPS) is 11.5. The summed E-state index contributed by atoms with van der Waals surface area (Å²) in [4.78, 5) is 13.6. The van der Waals surface area contributed by atoms with Crippen LogP contribution >= 0.6 is 11.3 Å². The van der Waals surface area contributed by atoms with Gasteiger partial charge in [0.15, 0.2) is 5.65 Å².